The van der Waals surface area contributed by atoms with Crippen LogP contribution < -0.4 is 15.8 Å². The van der Waals surface area contributed by atoms with Gasteiger partial charge in [0.1, 0.15) is 10.6 Å². The number of fused-ring (bicyclic) bond motifs is 1. The highest BCUT2D eigenvalue weighted by molar-refractivity contribution is 7.17. The Kier molecular flexibility index (Phi) is 5.25. The third-order valence-corrected chi connectivity index (χ3v) is 4.48. The van der Waals surface area contributed by atoms with E-state index in [2.05, 4.69) is 10.3 Å². The number of hydrogen-bond donors (Lipinski definition) is 2. The van der Waals surface area contributed by atoms with Crippen LogP contribution in [0.1, 0.15) is 22.5 Å². The maximum atomic E-state index is 11.9. The Labute approximate surface area is 148 Å². The molecular formula is C18H17N3O3S. The number of benzene rings is 2. The lowest BCUT2D eigenvalue weighted by Gasteiger charge is -2.09. The Morgan fingerprint density at radius 3 is 2.76 bits per heavy atom. The molecular weight excluding hydrogens is 338 g/mol. The SMILES string of the molecule is NC(=O)c1cnc(NC(=O)CCCOc2cccc3ccccc23)s1. The number of nitrogens with zero attached hydrogens (tertiary/aromatic N) is 1. The lowest BCUT2D eigenvalue weighted by atomic mass is 10.1. The summed E-state index contributed by atoms with van der Waals surface area (Å²) in [7, 11) is 0. The highest BCUT2D eigenvalue weighted by Crippen LogP contribution is 2.25. The van der Waals surface area contributed by atoms with Crippen LogP contribution in [0, 0.1) is 0 Å². The predicted molar refractivity (Wildman–Crippen MR) is 97.9 cm³/mol. The van der Waals surface area contributed by atoms with Gasteiger partial charge >= 0.3 is 0 Å². The third kappa shape index (κ3) is 4.33. The molecule has 7 heteroatoms. The molecule has 0 spiro atoms. The number of amides is 2. The van der Waals surface area contributed by atoms with Crippen molar-refractivity contribution in [2.45, 2.75) is 12.8 Å². The fraction of sp³-hybridized carbons (Fsp3) is 0.167. The summed E-state index contributed by atoms with van der Waals surface area (Å²) in [4.78, 5) is 27.2. The van der Waals surface area contributed by atoms with Crippen molar-refractivity contribution in [3.8, 4) is 5.75 Å². The van der Waals surface area contributed by atoms with E-state index in [9.17, 15) is 9.59 Å². The highest BCUT2D eigenvalue weighted by Gasteiger charge is 2.09. The molecule has 2 amide bonds. The molecule has 0 fully saturated rings. The van der Waals surface area contributed by atoms with Crippen molar-refractivity contribution in [3.05, 3.63) is 53.5 Å². The Morgan fingerprint density at radius 2 is 1.96 bits per heavy atom. The van der Waals surface area contributed by atoms with Crippen molar-refractivity contribution in [2.24, 2.45) is 5.73 Å². The zero-order valence-electron chi connectivity index (χ0n) is 13.4. The molecule has 1 aromatic heterocycles. The van der Waals surface area contributed by atoms with Gasteiger partial charge in [0.25, 0.3) is 5.91 Å². The first-order valence-corrected chi connectivity index (χ1v) is 8.61. The average Bonchev–Trinajstić information content (AvgIpc) is 3.07. The van der Waals surface area contributed by atoms with Gasteiger partial charge in [-0.15, -0.1) is 0 Å². The minimum absolute atomic E-state index is 0.174. The van der Waals surface area contributed by atoms with Gasteiger partial charge in [0.05, 0.1) is 12.8 Å². The van der Waals surface area contributed by atoms with E-state index in [1.165, 1.54) is 6.20 Å². The second kappa shape index (κ2) is 7.76. The molecule has 0 radical (unpaired) electrons. The van der Waals surface area contributed by atoms with Crippen LogP contribution in [0.3, 0.4) is 0 Å². The van der Waals surface area contributed by atoms with Gasteiger partial charge in [-0.2, -0.15) is 0 Å². The van der Waals surface area contributed by atoms with Crippen LogP contribution in [0.25, 0.3) is 10.8 Å². The number of nitrogens with one attached hydrogen (secondary N) is 1. The molecule has 0 saturated carbocycles. The summed E-state index contributed by atoms with van der Waals surface area (Å²) in [6.45, 7) is 0.436. The highest BCUT2D eigenvalue weighted by atomic mass is 32.1. The monoisotopic (exact) mass is 355 g/mol. The maximum Gasteiger partial charge on any atom is 0.260 e. The first kappa shape index (κ1) is 16.9. The molecule has 0 unspecified atom stereocenters. The molecule has 3 aromatic rings. The lowest BCUT2D eigenvalue weighted by Crippen LogP contribution is -2.12. The number of nitrogens with two attached hydrogens (primary N) is 1. The van der Waals surface area contributed by atoms with Gasteiger partial charge in [-0.05, 0) is 17.9 Å². The average molecular weight is 355 g/mol. The fourth-order valence-electron chi connectivity index (χ4n) is 2.36. The largest absolute Gasteiger partial charge is 0.493 e. The van der Waals surface area contributed by atoms with Crippen LogP contribution in [-0.2, 0) is 4.79 Å². The zero-order valence-corrected chi connectivity index (χ0v) is 14.2. The molecule has 3 rings (SSSR count). The zero-order chi connectivity index (χ0) is 17.6. The fourth-order valence-corrected chi connectivity index (χ4v) is 3.05. The summed E-state index contributed by atoms with van der Waals surface area (Å²) in [6.07, 6.45) is 2.23. The number of primary amides is 1. The number of ether oxygens (including phenoxy) is 1. The minimum atomic E-state index is -0.554. The van der Waals surface area contributed by atoms with E-state index in [0.717, 1.165) is 27.9 Å². The van der Waals surface area contributed by atoms with Crippen molar-refractivity contribution in [1.82, 2.24) is 4.98 Å². The Hall–Kier alpha value is -2.93. The third-order valence-electron chi connectivity index (χ3n) is 3.55. The minimum Gasteiger partial charge on any atom is -0.493 e. The maximum absolute atomic E-state index is 11.9. The van der Waals surface area contributed by atoms with E-state index in [1.54, 1.807) is 0 Å². The number of rotatable bonds is 7. The van der Waals surface area contributed by atoms with E-state index in [-0.39, 0.29) is 5.91 Å². The van der Waals surface area contributed by atoms with Gasteiger partial charge in [-0.1, -0.05) is 47.7 Å². The topological polar surface area (TPSA) is 94.3 Å². The molecule has 0 aliphatic carbocycles. The molecule has 2 aromatic carbocycles. The molecule has 0 atom stereocenters. The van der Waals surface area contributed by atoms with E-state index < -0.39 is 5.91 Å². The Morgan fingerprint density at radius 1 is 1.16 bits per heavy atom. The number of anilines is 1. The molecule has 3 N–H and O–H groups in total. The molecule has 0 saturated heterocycles. The summed E-state index contributed by atoms with van der Waals surface area (Å²) in [5.74, 6) is 0.0814. The number of carbonyl (C=O) groups excluding carboxylic acids is 2. The van der Waals surface area contributed by atoms with Crippen LogP contribution in [0.5, 0.6) is 5.75 Å². The van der Waals surface area contributed by atoms with Crippen LogP contribution in [0.2, 0.25) is 0 Å². The lowest BCUT2D eigenvalue weighted by molar-refractivity contribution is -0.116. The van der Waals surface area contributed by atoms with Gasteiger partial charge < -0.3 is 15.8 Å². The van der Waals surface area contributed by atoms with Crippen LogP contribution in [-0.4, -0.2) is 23.4 Å². The quantitative estimate of drug-likeness (QED) is 0.636. The van der Waals surface area contributed by atoms with E-state index in [0.29, 0.717) is 29.5 Å². The van der Waals surface area contributed by atoms with Crippen molar-refractivity contribution < 1.29 is 14.3 Å². The van der Waals surface area contributed by atoms with Gasteiger partial charge in [-0.3, -0.25) is 9.59 Å². The van der Waals surface area contributed by atoms with E-state index in [1.807, 2.05) is 42.5 Å². The number of carbonyl (C=O) groups is 2. The van der Waals surface area contributed by atoms with E-state index >= 15 is 0 Å². The normalized spacial score (nSPS) is 10.6. The molecule has 6 nitrogen and oxygen atoms in total. The van der Waals surface area contributed by atoms with Gasteiger partial charge in [0, 0.05) is 11.8 Å². The van der Waals surface area contributed by atoms with Gasteiger partial charge in [-0.25, -0.2) is 4.98 Å². The first-order valence-electron chi connectivity index (χ1n) is 7.79. The first-order chi connectivity index (χ1) is 12.1. The van der Waals surface area contributed by atoms with Crippen molar-refractivity contribution in [1.29, 1.82) is 0 Å². The van der Waals surface area contributed by atoms with Crippen LogP contribution in [0.4, 0.5) is 5.13 Å². The summed E-state index contributed by atoms with van der Waals surface area (Å²) < 4.78 is 5.80. The summed E-state index contributed by atoms with van der Waals surface area (Å²) >= 11 is 1.06. The Balaban J connectivity index is 1.47. The van der Waals surface area contributed by atoms with Crippen molar-refractivity contribution in [2.75, 3.05) is 11.9 Å². The molecule has 0 aliphatic rings. The molecule has 0 bridgehead atoms. The molecule has 25 heavy (non-hydrogen) atoms. The molecule has 1 heterocycles. The second-order valence-electron chi connectivity index (χ2n) is 5.37. The molecule has 0 aliphatic heterocycles. The van der Waals surface area contributed by atoms with E-state index in [4.69, 9.17) is 10.5 Å². The molecule has 128 valence electrons. The summed E-state index contributed by atoms with van der Waals surface area (Å²) in [5.41, 5.74) is 5.15. The van der Waals surface area contributed by atoms with Gasteiger partial charge in [0.15, 0.2) is 5.13 Å². The summed E-state index contributed by atoms with van der Waals surface area (Å²) in [6, 6.07) is 13.9. The second-order valence-corrected chi connectivity index (χ2v) is 6.40. The standard InChI is InChI=1S/C18H17N3O3S/c19-17(23)15-11-20-18(25-15)21-16(22)9-4-10-24-14-8-3-6-12-5-1-2-7-13(12)14/h1-3,5-8,11H,4,9-10H2,(H2,19,23)(H,20,21,22). The van der Waals surface area contributed by atoms with Crippen LogP contribution in [0.15, 0.2) is 48.7 Å². The predicted octanol–water partition coefficient (Wildman–Crippen LogP) is 3.19. The van der Waals surface area contributed by atoms with Crippen molar-refractivity contribution in [3.63, 3.8) is 0 Å². The van der Waals surface area contributed by atoms with Crippen molar-refractivity contribution >= 4 is 39.1 Å². The summed E-state index contributed by atoms with van der Waals surface area (Å²) in [5, 5.41) is 5.19. The Bertz CT molecular complexity index is 902. The number of hydrogen-bond acceptors (Lipinski definition) is 5. The number of aromatic nitrogens is 1. The van der Waals surface area contributed by atoms with Gasteiger partial charge in [0.2, 0.25) is 5.91 Å². The number of thiazole rings is 1. The van der Waals surface area contributed by atoms with Crippen LogP contribution >= 0.6 is 11.3 Å². The smallest absolute Gasteiger partial charge is 0.260 e.